The van der Waals surface area contributed by atoms with Gasteiger partial charge in [0.1, 0.15) is 5.75 Å². The lowest BCUT2D eigenvalue weighted by atomic mass is 10.2. The van der Waals surface area contributed by atoms with E-state index in [1.54, 1.807) is 33.7 Å². The Morgan fingerprint density at radius 2 is 2.00 bits per heavy atom. The number of pyridine rings is 1. The summed E-state index contributed by atoms with van der Waals surface area (Å²) in [6.45, 7) is 0.627. The average molecular weight is 403 g/mol. The molecule has 5 aromatic rings. The number of benzene rings is 1. The van der Waals surface area contributed by atoms with Crippen LogP contribution >= 0.6 is 11.3 Å². The van der Waals surface area contributed by atoms with Gasteiger partial charge in [-0.3, -0.25) is 4.79 Å². The second-order valence-corrected chi connectivity index (χ2v) is 7.61. The summed E-state index contributed by atoms with van der Waals surface area (Å²) in [6, 6.07) is 13.5. The summed E-state index contributed by atoms with van der Waals surface area (Å²) >= 11 is 1.70. The molecule has 0 fully saturated rings. The highest BCUT2D eigenvalue weighted by Gasteiger charge is 2.13. The third-order valence-corrected chi connectivity index (χ3v) is 5.77. The van der Waals surface area contributed by atoms with Gasteiger partial charge in [-0.1, -0.05) is 6.07 Å². The van der Waals surface area contributed by atoms with Crippen LogP contribution in [-0.4, -0.2) is 31.3 Å². The van der Waals surface area contributed by atoms with Crippen molar-refractivity contribution in [2.45, 2.75) is 13.0 Å². The number of aryl methyl sites for hydroxylation is 2. The van der Waals surface area contributed by atoms with E-state index in [1.807, 2.05) is 48.0 Å². The monoisotopic (exact) mass is 403 g/mol. The highest BCUT2D eigenvalue weighted by atomic mass is 32.1. The van der Waals surface area contributed by atoms with Crippen LogP contribution in [0.5, 0.6) is 5.75 Å². The Morgan fingerprint density at radius 3 is 2.76 bits per heavy atom. The molecule has 4 heterocycles. The van der Waals surface area contributed by atoms with Gasteiger partial charge in [0.25, 0.3) is 11.3 Å². The fourth-order valence-electron chi connectivity index (χ4n) is 3.28. The summed E-state index contributed by atoms with van der Waals surface area (Å²) in [6.07, 6.45) is 4.22. The van der Waals surface area contributed by atoms with Crippen molar-refractivity contribution in [1.29, 1.82) is 0 Å². The summed E-state index contributed by atoms with van der Waals surface area (Å²) in [5, 5.41) is 7.15. The number of aromatic nitrogens is 5. The van der Waals surface area contributed by atoms with Crippen molar-refractivity contribution in [3.63, 3.8) is 0 Å². The minimum absolute atomic E-state index is 0.0741. The molecular weight excluding hydrogens is 386 g/mol. The Balaban J connectivity index is 1.54. The van der Waals surface area contributed by atoms with Crippen LogP contribution in [0.3, 0.4) is 0 Å². The van der Waals surface area contributed by atoms with E-state index >= 15 is 0 Å². The zero-order valence-corrected chi connectivity index (χ0v) is 16.5. The van der Waals surface area contributed by atoms with Crippen molar-refractivity contribution < 1.29 is 4.74 Å². The normalized spacial score (nSPS) is 11.3. The lowest BCUT2D eigenvalue weighted by Crippen LogP contribution is -2.21. The molecule has 7 nitrogen and oxygen atoms in total. The number of fused-ring (bicyclic) bond motifs is 3. The first-order chi connectivity index (χ1) is 14.2. The van der Waals surface area contributed by atoms with Crippen LogP contribution in [-0.2, 0) is 13.0 Å². The van der Waals surface area contributed by atoms with Crippen molar-refractivity contribution in [3.05, 3.63) is 75.5 Å². The van der Waals surface area contributed by atoms with Gasteiger partial charge in [-0.05, 0) is 48.2 Å². The van der Waals surface area contributed by atoms with Crippen LogP contribution < -0.4 is 10.3 Å². The number of methoxy groups -OCH3 is 1. The molecule has 0 saturated carbocycles. The van der Waals surface area contributed by atoms with Gasteiger partial charge in [0.15, 0.2) is 5.82 Å². The maximum absolute atomic E-state index is 12.9. The van der Waals surface area contributed by atoms with E-state index in [0.29, 0.717) is 29.0 Å². The summed E-state index contributed by atoms with van der Waals surface area (Å²) in [5.74, 6) is 1.78. The van der Waals surface area contributed by atoms with Crippen molar-refractivity contribution in [3.8, 4) is 17.1 Å². The van der Waals surface area contributed by atoms with Crippen LogP contribution in [0.2, 0.25) is 0 Å². The molecule has 0 unspecified atom stereocenters. The SMILES string of the molecule is COc1ccc(-c2nc3ncc4c(=O)n(CCc5cccs5)ccc4n3n2)cc1. The van der Waals surface area contributed by atoms with Gasteiger partial charge in [-0.25, -0.2) is 4.98 Å². The lowest BCUT2D eigenvalue weighted by Gasteiger charge is -2.06. The summed E-state index contributed by atoms with van der Waals surface area (Å²) in [4.78, 5) is 23.0. The molecule has 8 heteroatoms. The van der Waals surface area contributed by atoms with Crippen molar-refractivity contribution in [2.24, 2.45) is 0 Å². The largest absolute Gasteiger partial charge is 0.497 e. The number of thiophene rings is 1. The molecule has 5 rings (SSSR count). The highest BCUT2D eigenvalue weighted by Crippen LogP contribution is 2.21. The first kappa shape index (κ1) is 17.6. The molecule has 0 aliphatic carbocycles. The Morgan fingerprint density at radius 1 is 1.14 bits per heavy atom. The van der Waals surface area contributed by atoms with E-state index in [9.17, 15) is 4.79 Å². The first-order valence-corrected chi connectivity index (χ1v) is 10.0. The van der Waals surface area contributed by atoms with Crippen LogP contribution in [0.1, 0.15) is 4.88 Å². The van der Waals surface area contributed by atoms with E-state index in [-0.39, 0.29) is 5.56 Å². The van der Waals surface area contributed by atoms with Gasteiger partial charge in [-0.15, -0.1) is 16.4 Å². The van der Waals surface area contributed by atoms with E-state index in [2.05, 4.69) is 21.1 Å². The molecule has 0 saturated heterocycles. The second-order valence-electron chi connectivity index (χ2n) is 6.58. The second kappa shape index (κ2) is 7.14. The fourth-order valence-corrected chi connectivity index (χ4v) is 3.98. The molecule has 0 radical (unpaired) electrons. The maximum atomic E-state index is 12.9. The quantitative estimate of drug-likeness (QED) is 0.450. The Bertz CT molecular complexity index is 1350. The third kappa shape index (κ3) is 3.17. The maximum Gasteiger partial charge on any atom is 0.261 e. The summed E-state index contributed by atoms with van der Waals surface area (Å²) in [7, 11) is 1.63. The molecule has 0 N–H and O–H groups in total. The predicted molar refractivity (Wildman–Crippen MR) is 113 cm³/mol. The molecule has 0 spiro atoms. The van der Waals surface area contributed by atoms with E-state index < -0.39 is 0 Å². The van der Waals surface area contributed by atoms with Gasteiger partial charge in [0, 0.05) is 29.4 Å². The van der Waals surface area contributed by atoms with E-state index in [4.69, 9.17) is 4.74 Å². The zero-order valence-electron chi connectivity index (χ0n) is 15.6. The number of rotatable bonds is 5. The molecule has 0 aliphatic rings. The first-order valence-electron chi connectivity index (χ1n) is 9.15. The van der Waals surface area contributed by atoms with Crippen LogP contribution in [0.4, 0.5) is 0 Å². The number of nitrogens with zero attached hydrogens (tertiary/aromatic N) is 5. The van der Waals surface area contributed by atoms with E-state index in [0.717, 1.165) is 17.7 Å². The van der Waals surface area contributed by atoms with Gasteiger partial charge < -0.3 is 9.30 Å². The molecule has 0 bridgehead atoms. The Kier molecular flexibility index (Phi) is 4.33. The molecular formula is C21H17N5O2S. The molecule has 0 amide bonds. The number of hydrogen-bond acceptors (Lipinski definition) is 6. The Labute approximate surface area is 169 Å². The van der Waals surface area contributed by atoms with Crippen molar-refractivity contribution >= 4 is 28.0 Å². The Hall–Kier alpha value is -3.52. The molecule has 29 heavy (non-hydrogen) atoms. The van der Waals surface area contributed by atoms with Gasteiger partial charge >= 0.3 is 0 Å². The molecule has 4 aromatic heterocycles. The van der Waals surface area contributed by atoms with Crippen LogP contribution in [0.25, 0.3) is 28.1 Å². The lowest BCUT2D eigenvalue weighted by molar-refractivity contribution is 0.415. The predicted octanol–water partition coefficient (Wildman–Crippen LogP) is 3.42. The van der Waals surface area contributed by atoms with Gasteiger partial charge in [0.2, 0.25) is 0 Å². The van der Waals surface area contributed by atoms with Gasteiger partial charge in [-0.2, -0.15) is 9.50 Å². The average Bonchev–Trinajstić information content (AvgIpc) is 3.43. The summed E-state index contributed by atoms with van der Waals surface area (Å²) < 4.78 is 8.54. The van der Waals surface area contributed by atoms with E-state index in [1.165, 1.54) is 4.88 Å². The molecule has 0 aliphatic heterocycles. The number of ether oxygens (including phenoxy) is 1. The molecule has 1 aromatic carbocycles. The molecule has 144 valence electrons. The summed E-state index contributed by atoms with van der Waals surface area (Å²) in [5.41, 5.74) is 1.48. The standard InChI is InChI=1S/C21H17N5O2S/c1-28-15-6-4-14(5-7-15)19-23-21-22-13-17-18(26(21)24-19)9-11-25(20(17)27)10-8-16-3-2-12-29-16/h2-7,9,11-13H,8,10H2,1H3. The molecule has 0 atom stereocenters. The zero-order chi connectivity index (χ0) is 19.8. The fraction of sp³-hybridized carbons (Fsp3) is 0.143. The third-order valence-electron chi connectivity index (χ3n) is 4.83. The van der Waals surface area contributed by atoms with Gasteiger partial charge in [0.05, 0.1) is 18.0 Å². The van der Waals surface area contributed by atoms with Crippen LogP contribution in [0, 0.1) is 0 Å². The van der Waals surface area contributed by atoms with Crippen molar-refractivity contribution in [1.82, 2.24) is 24.1 Å². The highest BCUT2D eigenvalue weighted by molar-refractivity contribution is 7.09. The number of hydrogen-bond donors (Lipinski definition) is 0. The minimum Gasteiger partial charge on any atom is -0.497 e. The smallest absolute Gasteiger partial charge is 0.261 e. The topological polar surface area (TPSA) is 74.3 Å². The van der Waals surface area contributed by atoms with Crippen LogP contribution in [0.15, 0.2) is 65.0 Å². The minimum atomic E-state index is -0.0741. The van der Waals surface area contributed by atoms with Crippen molar-refractivity contribution in [2.75, 3.05) is 7.11 Å².